The van der Waals surface area contributed by atoms with E-state index in [0.29, 0.717) is 11.4 Å². The highest BCUT2D eigenvalue weighted by Gasteiger charge is 2.15. The number of thioether (sulfide) groups is 1. The van der Waals surface area contributed by atoms with Gasteiger partial charge in [0.1, 0.15) is 5.82 Å². The fourth-order valence-corrected chi connectivity index (χ4v) is 2.59. The van der Waals surface area contributed by atoms with Crippen molar-refractivity contribution in [2.45, 2.75) is 32.7 Å². The molecule has 112 valence electrons. The molecule has 0 fully saturated rings. The van der Waals surface area contributed by atoms with Crippen LogP contribution in [-0.4, -0.2) is 35.5 Å². The van der Waals surface area contributed by atoms with Gasteiger partial charge in [0.25, 0.3) is 5.91 Å². The molecule has 0 radical (unpaired) electrons. The Hall–Kier alpha value is -0.750. The SMILES string of the molecule is CCCNc1ncc(Br)cc1C(=O)NC(C)CCSC. The summed E-state index contributed by atoms with van der Waals surface area (Å²) < 4.78 is 0.807. The van der Waals surface area contributed by atoms with Gasteiger partial charge in [0, 0.05) is 23.3 Å². The van der Waals surface area contributed by atoms with Gasteiger partial charge in [0.15, 0.2) is 0 Å². The lowest BCUT2D eigenvalue weighted by molar-refractivity contribution is 0.0940. The first-order valence-electron chi connectivity index (χ1n) is 6.77. The van der Waals surface area contributed by atoms with Crippen LogP contribution in [-0.2, 0) is 0 Å². The van der Waals surface area contributed by atoms with Crippen LogP contribution >= 0.6 is 27.7 Å². The van der Waals surface area contributed by atoms with E-state index in [1.165, 1.54) is 0 Å². The highest BCUT2D eigenvalue weighted by molar-refractivity contribution is 9.10. The highest BCUT2D eigenvalue weighted by Crippen LogP contribution is 2.18. The Morgan fingerprint density at radius 1 is 1.55 bits per heavy atom. The van der Waals surface area contributed by atoms with E-state index in [1.54, 1.807) is 18.0 Å². The molecule has 1 heterocycles. The summed E-state index contributed by atoms with van der Waals surface area (Å²) in [5.74, 6) is 1.61. The lowest BCUT2D eigenvalue weighted by Gasteiger charge is -2.15. The zero-order valence-corrected chi connectivity index (χ0v) is 14.6. The lowest BCUT2D eigenvalue weighted by Crippen LogP contribution is -2.33. The van der Waals surface area contributed by atoms with Crippen molar-refractivity contribution in [3.63, 3.8) is 0 Å². The molecular formula is C14H22BrN3OS. The van der Waals surface area contributed by atoms with Crippen molar-refractivity contribution in [3.05, 3.63) is 22.3 Å². The van der Waals surface area contributed by atoms with Crippen molar-refractivity contribution >= 4 is 39.4 Å². The van der Waals surface area contributed by atoms with Crippen LogP contribution in [0.1, 0.15) is 37.0 Å². The third-order valence-corrected chi connectivity index (χ3v) is 3.85. The number of hydrogen-bond donors (Lipinski definition) is 2. The predicted molar refractivity (Wildman–Crippen MR) is 90.6 cm³/mol. The van der Waals surface area contributed by atoms with Crippen molar-refractivity contribution < 1.29 is 4.79 Å². The maximum Gasteiger partial charge on any atom is 0.255 e. The Bertz CT molecular complexity index is 442. The van der Waals surface area contributed by atoms with Crippen LogP contribution in [0, 0.1) is 0 Å². The molecule has 20 heavy (non-hydrogen) atoms. The van der Waals surface area contributed by atoms with Gasteiger partial charge in [0.05, 0.1) is 5.56 Å². The minimum atomic E-state index is -0.0778. The number of halogens is 1. The van der Waals surface area contributed by atoms with Crippen molar-refractivity contribution in [2.24, 2.45) is 0 Å². The fraction of sp³-hybridized carbons (Fsp3) is 0.571. The molecule has 0 aliphatic rings. The van der Waals surface area contributed by atoms with E-state index in [-0.39, 0.29) is 11.9 Å². The first kappa shape index (κ1) is 17.3. The molecule has 1 atom stereocenters. The maximum absolute atomic E-state index is 12.3. The van der Waals surface area contributed by atoms with Gasteiger partial charge in [-0.3, -0.25) is 4.79 Å². The summed E-state index contributed by atoms with van der Waals surface area (Å²) in [4.78, 5) is 16.6. The summed E-state index contributed by atoms with van der Waals surface area (Å²) in [5.41, 5.74) is 0.587. The Kier molecular flexibility index (Phi) is 7.99. The summed E-state index contributed by atoms with van der Waals surface area (Å²) in [6, 6.07) is 1.97. The van der Waals surface area contributed by atoms with E-state index in [4.69, 9.17) is 0 Å². The molecule has 1 unspecified atom stereocenters. The quantitative estimate of drug-likeness (QED) is 0.745. The van der Waals surface area contributed by atoms with E-state index in [0.717, 1.165) is 29.6 Å². The molecule has 4 nitrogen and oxygen atoms in total. The van der Waals surface area contributed by atoms with Crippen molar-refractivity contribution in [1.82, 2.24) is 10.3 Å². The van der Waals surface area contributed by atoms with Crippen LogP contribution in [0.4, 0.5) is 5.82 Å². The average Bonchev–Trinajstić information content (AvgIpc) is 2.43. The molecule has 0 aliphatic carbocycles. The molecule has 0 saturated carbocycles. The fourth-order valence-electron chi connectivity index (χ4n) is 1.66. The smallest absolute Gasteiger partial charge is 0.255 e. The molecule has 6 heteroatoms. The zero-order chi connectivity index (χ0) is 15.0. The van der Waals surface area contributed by atoms with Gasteiger partial charge in [-0.2, -0.15) is 11.8 Å². The third kappa shape index (κ3) is 5.71. The van der Waals surface area contributed by atoms with Crippen LogP contribution in [0.15, 0.2) is 16.7 Å². The normalized spacial score (nSPS) is 12.0. The molecule has 1 rings (SSSR count). The predicted octanol–water partition coefficient (Wildman–Crippen LogP) is 3.54. The van der Waals surface area contributed by atoms with Crippen molar-refractivity contribution in [2.75, 3.05) is 23.9 Å². The number of nitrogens with zero attached hydrogens (tertiary/aromatic N) is 1. The second-order valence-corrected chi connectivity index (χ2v) is 6.53. The van der Waals surface area contributed by atoms with E-state index in [9.17, 15) is 4.79 Å². The zero-order valence-electron chi connectivity index (χ0n) is 12.2. The lowest BCUT2D eigenvalue weighted by atomic mass is 10.2. The molecule has 0 bridgehead atoms. The molecule has 1 aromatic heterocycles. The number of amides is 1. The monoisotopic (exact) mass is 359 g/mol. The summed E-state index contributed by atoms with van der Waals surface area (Å²) in [7, 11) is 0. The summed E-state index contributed by atoms with van der Waals surface area (Å²) in [6.45, 7) is 4.91. The first-order chi connectivity index (χ1) is 9.58. The topological polar surface area (TPSA) is 54.0 Å². The van der Waals surface area contributed by atoms with E-state index >= 15 is 0 Å². The molecule has 2 N–H and O–H groups in total. The number of hydrogen-bond acceptors (Lipinski definition) is 4. The Morgan fingerprint density at radius 3 is 2.95 bits per heavy atom. The molecule has 0 aliphatic heterocycles. The van der Waals surface area contributed by atoms with Gasteiger partial charge in [-0.25, -0.2) is 4.98 Å². The van der Waals surface area contributed by atoms with Crippen molar-refractivity contribution in [3.8, 4) is 0 Å². The summed E-state index contributed by atoms with van der Waals surface area (Å²) >= 11 is 5.15. The maximum atomic E-state index is 12.3. The van der Waals surface area contributed by atoms with Gasteiger partial charge in [-0.15, -0.1) is 0 Å². The number of rotatable bonds is 8. The Morgan fingerprint density at radius 2 is 2.30 bits per heavy atom. The molecule has 1 aromatic rings. The molecule has 0 saturated heterocycles. The van der Waals surface area contributed by atoms with Crippen LogP contribution in [0.3, 0.4) is 0 Å². The van der Waals surface area contributed by atoms with Crippen LogP contribution in [0.25, 0.3) is 0 Å². The number of anilines is 1. The number of carbonyl (C=O) groups is 1. The van der Waals surface area contributed by atoms with Crippen LogP contribution in [0.5, 0.6) is 0 Å². The van der Waals surface area contributed by atoms with Gasteiger partial charge in [-0.1, -0.05) is 6.92 Å². The number of aromatic nitrogens is 1. The number of pyridine rings is 1. The second kappa shape index (κ2) is 9.23. The summed E-state index contributed by atoms with van der Waals surface area (Å²) in [6.07, 6.45) is 5.72. The molecule has 1 amide bonds. The third-order valence-electron chi connectivity index (χ3n) is 2.77. The van der Waals surface area contributed by atoms with E-state index < -0.39 is 0 Å². The molecule has 0 aromatic carbocycles. The van der Waals surface area contributed by atoms with Gasteiger partial charge in [0.2, 0.25) is 0 Å². The number of nitrogens with one attached hydrogen (secondary N) is 2. The van der Waals surface area contributed by atoms with Gasteiger partial charge in [-0.05, 0) is 53.8 Å². The van der Waals surface area contributed by atoms with Gasteiger partial charge < -0.3 is 10.6 Å². The Labute approximate surface area is 133 Å². The first-order valence-corrected chi connectivity index (χ1v) is 8.96. The van der Waals surface area contributed by atoms with E-state index in [1.807, 2.05) is 13.0 Å². The standard InChI is InChI=1S/C14H22BrN3OS/c1-4-6-16-13-12(8-11(15)9-17-13)14(19)18-10(2)5-7-20-3/h8-10H,4-7H2,1-3H3,(H,16,17)(H,18,19). The van der Waals surface area contributed by atoms with Crippen LogP contribution in [0.2, 0.25) is 0 Å². The number of carbonyl (C=O) groups excluding carboxylic acids is 1. The highest BCUT2D eigenvalue weighted by atomic mass is 79.9. The average molecular weight is 360 g/mol. The van der Waals surface area contributed by atoms with Crippen molar-refractivity contribution in [1.29, 1.82) is 0 Å². The molecule has 0 spiro atoms. The largest absolute Gasteiger partial charge is 0.369 e. The Balaban J connectivity index is 2.76. The second-order valence-electron chi connectivity index (χ2n) is 4.63. The minimum absolute atomic E-state index is 0.0778. The van der Waals surface area contributed by atoms with Gasteiger partial charge >= 0.3 is 0 Å². The molecular weight excluding hydrogens is 338 g/mol. The minimum Gasteiger partial charge on any atom is -0.369 e. The van der Waals surface area contributed by atoms with Crippen LogP contribution < -0.4 is 10.6 Å². The van der Waals surface area contributed by atoms with E-state index in [2.05, 4.69) is 44.7 Å². The summed E-state index contributed by atoms with van der Waals surface area (Å²) in [5, 5.41) is 6.21.